The Morgan fingerprint density at radius 2 is 2.06 bits per heavy atom. The van der Waals surface area contributed by atoms with E-state index in [9.17, 15) is 0 Å². The van der Waals surface area contributed by atoms with E-state index in [1.807, 2.05) is 0 Å². The van der Waals surface area contributed by atoms with Crippen LogP contribution in [0.2, 0.25) is 0 Å². The highest BCUT2D eigenvalue weighted by atomic mass is 14.9. The maximum atomic E-state index is 3.47. The Balaban J connectivity index is 1.92. The molecule has 1 heteroatoms. The van der Waals surface area contributed by atoms with E-state index >= 15 is 0 Å². The standard InChI is InChI=1S/C15H23N/c1-11-4-5-13(12(2)10-11)8-9-15(16-3)14-6-7-14/h4-5,10,14-16H,6-9H2,1-3H3. The fourth-order valence-electron chi connectivity index (χ4n) is 2.55. The van der Waals surface area contributed by atoms with Crippen LogP contribution in [0.15, 0.2) is 18.2 Å². The summed E-state index contributed by atoms with van der Waals surface area (Å²) in [5.74, 6) is 0.954. The van der Waals surface area contributed by atoms with Crippen molar-refractivity contribution < 1.29 is 0 Å². The van der Waals surface area contributed by atoms with Crippen molar-refractivity contribution in [3.8, 4) is 0 Å². The van der Waals surface area contributed by atoms with Gasteiger partial charge in [0.1, 0.15) is 0 Å². The molecular weight excluding hydrogens is 194 g/mol. The Morgan fingerprint density at radius 1 is 1.31 bits per heavy atom. The second-order valence-electron chi connectivity index (χ2n) is 5.20. The first-order chi connectivity index (χ1) is 7.70. The lowest BCUT2D eigenvalue weighted by molar-refractivity contribution is 0.470. The third kappa shape index (κ3) is 2.85. The molecule has 0 aromatic heterocycles. The van der Waals surface area contributed by atoms with Gasteiger partial charge in [0.2, 0.25) is 0 Å². The quantitative estimate of drug-likeness (QED) is 0.798. The highest BCUT2D eigenvalue weighted by Crippen LogP contribution is 2.34. The van der Waals surface area contributed by atoms with Gasteiger partial charge in [0.15, 0.2) is 0 Å². The lowest BCUT2D eigenvalue weighted by atomic mass is 9.98. The van der Waals surface area contributed by atoms with Crippen molar-refractivity contribution in [3.63, 3.8) is 0 Å². The number of nitrogens with one attached hydrogen (secondary N) is 1. The van der Waals surface area contributed by atoms with Gasteiger partial charge in [-0.15, -0.1) is 0 Å². The van der Waals surface area contributed by atoms with Crippen LogP contribution < -0.4 is 5.32 Å². The largest absolute Gasteiger partial charge is 0.317 e. The Hall–Kier alpha value is -0.820. The molecule has 0 aliphatic heterocycles. The molecule has 1 aliphatic rings. The van der Waals surface area contributed by atoms with Gasteiger partial charge in [-0.3, -0.25) is 0 Å². The molecule has 1 atom stereocenters. The second-order valence-corrected chi connectivity index (χ2v) is 5.20. The molecule has 0 heterocycles. The van der Waals surface area contributed by atoms with E-state index in [0.29, 0.717) is 0 Å². The average molecular weight is 217 g/mol. The lowest BCUT2D eigenvalue weighted by Crippen LogP contribution is -2.27. The summed E-state index contributed by atoms with van der Waals surface area (Å²) in [6.07, 6.45) is 5.36. The molecule has 0 radical (unpaired) electrons. The van der Waals surface area contributed by atoms with E-state index in [4.69, 9.17) is 0 Å². The minimum atomic E-state index is 0.737. The van der Waals surface area contributed by atoms with Crippen molar-refractivity contribution in [3.05, 3.63) is 34.9 Å². The number of hydrogen-bond acceptors (Lipinski definition) is 1. The van der Waals surface area contributed by atoms with Gasteiger partial charge < -0.3 is 5.32 Å². The van der Waals surface area contributed by atoms with Crippen LogP contribution in [-0.2, 0) is 6.42 Å². The zero-order chi connectivity index (χ0) is 11.5. The minimum Gasteiger partial charge on any atom is -0.317 e. The summed E-state index contributed by atoms with van der Waals surface area (Å²) in [6, 6.07) is 7.56. The average Bonchev–Trinajstić information content (AvgIpc) is 3.06. The Labute approximate surface area is 99.3 Å². The first-order valence-corrected chi connectivity index (χ1v) is 6.44. The lowest BCUT2D eigenvalue weighted by Gasteiger charge is -2.16. The molecule has 0 saturated heterocycles. The second kappa shape index (κ2) is 5.01. The van der Waals surface area contributed by atoms with Gasteiger partial charge in [0.25, 0.3) is 0 Å². The van der Waals surface area contributed by atoms with E-state index in [1.54, 1.807) is 0 Å². The van der Waals surface area contributed by atoms with Crippen LogP contribution in [0.3, 0.4) is 0 Å². The number of hydrogen-bond donors (Lipinski definition) is 1. The number of aryl methyl sites for hydroxylation is 3. The topological polar surface area (TPSA) is 12.0 Å². The van der Waals surface area contributed by atoms with Crippen molar-refractivity contribution >= 4 is 0 Å². The molecule has 1 aromatic carbocycles. The summed E-state index contributed by atoms with van der Waals surface area (Å²) < 4.78 is 0. The molecule has 1 aliphatic carbocycles. The third-order valence-corrected chi connectivity index (χ3v) is 3.78. The normalized spacial score (nSPS) is 17.4. The van der Waals surface area contributed by atoms with Gasteiger partial charge in [-0.05, 0) is 63.6 Å². The van der Waals surface area contributed by atoms with Gasteiger partial charge in [0, 0.05) is 6.04 Å². The van der Waals surface area contributed by atoms with Crippen LogP contribution in [0.5, 0.6) is 0 Å². The third-order valence-electron chi connectivity index (χ3n) is 3.78. The monoisotopic (exact) mass is 217 g/mol. The first kappa shape index (κ1) is 11.7. The summed E-state index contributed by atoms with van der Waals surface area (Å²) in [6.45, 7) is 4.39. The smallest absolute Gasteiger partial charge is 0.00954 e. The highest BCUT2D eigenvalue weighted by Gasteiger charge is 2.29. The summed E-state index contributed by atoms with van der Waals surface area (Å²) in [4.78, 5) is 0. The van der Waals surface area contributed by atoms with Gasteiger partial charge in [-0.2, -0.15) is 0 Å². The Morgan fingerprint density at radius 3 is 2.62 bits per heavy atom. The fraction of sp³-hybridized carbons (Fsp3) is 0.600. The SMILES string of the molecule is CNC(CCc1ccc(C)cc1C)C1CC1. The van der Waals surface area contributed by atoms with Crippen molar-refractivity contribution in [2.75, 3.05) is 7.05 Å². The molecule has 0 spiro atoms. The van der Waals surface area contributed by atoms with Gasteiger partial charge >= 0.3 is 0 Å². The zero-order valence-corrected chi connectivity index (χ0v) is 10.7. The molecule has 1 unspecified atom stereocenters. The van der Waals surface area contributed by atoms with E-state index < -0.39 is 0 Å². The fourth-order valence-corrected chi connectivity index (χ4v) is 2.55. The molecule has 88 valence electrons. The van der Waals surface area contributed by atoms with E-state index in [-0.39, 0.29) is 0 Å². The van der Waals surface area contributed by atoms with Crippen LogP contribution in [-0.4, -0.2) is 13.1 Å². The van der Waals surface area contributed by atoms with Gasteiger partial charge in [-0.25, -0.2) is 0 Å². The van der Waals surface area contributed by atoms with Crippen LogP contribution >= 0.6 is 0 Å². The Kier molecular flexibility index (Phi) is 3.65. The van der Waals surface area contributed by atoms with Crippen LogP contribution in [0.25, 0.3) is 0 Å². The van der Waals surface area contributed by atoms with Crippen LogP contribution in [0.1, 0.15) is 36.0 Å². The maximum absolute atomic E-state index is 3.47. The van der Waals surface area contributed by atoms with E-state index in [0.717, 1.165) is 12.0 Å². The van der Waals surface area contributed by atoms with E-state index in [1.165, 1.54) is 42.4 Å². The molecule has 1 N–H and O–H groups in total. The first-order valence-electron chi connectivity index (χ1n) is 6.44. The maximum Gasteiger partial charge on any atom is 0.00954 e. The molecule has 2 rings (SSSR count). The summed E-state index contributed by atoms with van der Waals surface area (Å²) in [5.41, 5.74) is 4.34. The molecular formula is C15H23N. The van der Waals surface area contributed by atoms with Crippen molar-refractivity contribution in [1.82, 2.24) is 5.32 Å². The predicted molar refractivity (Wildman–Crippen MR) is 69.8 cm³/mol. The molecule has 1 fully saturated rings. The van der Waals surface area contributed by atoms with Crippen molar-refractivity contribution in [2.24, 2.45) is 5.92 Å². The molecule has 0 bridgehead atoms. The summed E-state index contributed by atoms with van der Waals surface area (Å²) >= 11 is 0. The Bertz CT molecular complexity index is 352. The van der Waals surface area contributed by atoms with Crippen LogP contribution in [0, 0.1) is 19.8 Å². The summed E-state index contributed by atoms with van der Waals surface area (Å²) in [5, 5.41) is 3.47. The molecule has 1 saturated carbocycles. The van der Waals surface area contributed by atoms with Gasteiger partial charge in [-0.1, -0.05) is 23.8 Å². The number of rotatable bonds is 5. The van der Waals surface area contributed by atoms with Crippen LogP contribution in [0.4, 0.5) is 0 Å². The van der Waals surface area contributed by atoms with E-state index in [2.05, 4.69) is 44.4 Å². The molecule has 1 aromatic rings. The minimum absolute atomic E-state index is 0.737. The predicted octanol–water partition coefficient (Wildman–Crippen LogP) is 3.23. The molecule has 16 heavy (non-hydrogen) atoms. The van der Waals surface area contributed by atoms with Crippen molar-refractivity contribution in [2.45, 2.75) is 45.6 Å². The molecule has 1 nitrogen and oxygen atoms in total. The zero-order valence-electron chi connectivity index (χ0n) is 10.7. The number of benzene rings is 1. The summed E-state index contributed by atoms with van der Waals surface area (Å²) in [7, 11) is 2.10. The highest BCUT2D eigenvalue weighted by molar-refractivity contribution is 5.30. The van der Waals surface area contributed by atoms with Gasteiger partial charge in [0.05, 0.1) is 0 Å². The molecule has 0 amide bonds. The van der Waals surface area contributed by atoms with Crippen molar-refractivity contribution in [1.29, 1.82) is 0 Å².